The number of nitrogens with zero attached hydrogens (tertiary/aromatic N) is 1. The standard InChI is InChI=1S/C32H32N2O4/c1-2-3-20-34-29(35)26-27(30(34)36)32(31(37)38,21-24-12-8-5-9-13-24)33-28(26)25-18-16-23(17-19-25)15-14-22-10-6-4-7-11-22/h4-19,26-28,33H,2-3,20-21H2,1H3,(H,37,38). The third-order valence-corrected chi connectivity index (χ3v) is 7.75. The molecule has 3 aromatic carbocycles. The number of imide groups is 1. The zero-order valence-corrected chi connectivity index (χ0v) is 21.4. The molecule has 0 spiro atoms. The Morgan fingerprint density at radius 1 is 0.895 bits per heavy atom. The van der Waals surface area contributed by atoms with E-state index in [2.05, 4.69) is 5.32 Å². The third kappa shape index (κ3) is 4.68. The lowest BCUT2D eigenvalue weighted by Gasteiger charge is -2.31. The maximum absolute atomic E-state index is 13.7. The van der Waals surface area contributed by atoms with Crippen LogP contribution in [0.1, 0.15) is 48.1 Å². The molecule has 2 N–H and O–H groups in total. The highest BCUT2D eigenvalue weighted by Crippen LogP contribution is 2.50. The SMILES string of the molecule is CCCCN1C(=O)C2C(c3ccc(C=Cc4ccccc4)cc3)NC(Cc3ccccc3)(C(=O)O)C2C1=O. The van der Waals surface area contributed by atoms with E-state index in [0.717, 1.165) is 28.7 Å². The van der Waals surface area contributed by atoms with E-state index >= 15 is 0 Å². The first-order valence-corrected chi connectivity index (χ1v) is 13.2. The number of amides is 2. The molecule has 3 aromatic rings. The van der Waals surface area contributed by atoms with Gasteiger partial charge in [0, 0.05) is 19.0 Å². The molecule has 194 valence electrons. The lowest BCUT2D eigenvalue weighted by molar-refractivity contribution is -0.151. The van der Waals surface area contributed by atoms with Gasteiger partial charge < -0.3 is 5.11 Å². The lowest BCUT2D eigenvalue weighted by Crippen LogP contribution is -2.57. The minimum absolute atomic E-state index is 0.110. The molecule has 6 nitrogen and oxygen atoms in total. The summed E-state index contributed by atoms with van der Waals surface area (Å²) < 4.78 is 0. The Labute approximate surface area is 223 Å². The van der Waals surface area contributed by atoms with E-state index in [4.69, 9.17) is 0 Å². The second-order valence-electron chi connectivity index (χ2n) is 10.2. The van der Waals surface area contributed by atoms with Gasteiger partial charge in [-0.15, -0.1) is 0 Å². The van der Waals surface area contributed by atoms with E-state index in [9.17, 15) is 19.5 Å². The van der Waals surface area contributed by atoms with Gasteiger partial charge in [-0.3, -0.25) is 24.6 Å². The monoisotopic (exact) mass is 508 g/mol. The normalized spacial score (nSPS) is 24.8. The summed E-state index contributed by atoms with van der Waals surface area (Å²) in [6, 6.07) is 26.5. The molecule has 2 saturated heterocycles. The minimum Gasteiger partial charge on any atom is -0.480 e. The molecule has 0 aromatic heterocycles. The molecule has 2 amide bonds. The van der Waals surface area contributed by atoms with E-state index in [1.165, 1.54) is 4.90 Å². The van der Waals surface area contributed by atoms with Gasteiger partial charge in [-0.1, -0.05) is 110 Å². The molecule has 2 fully saturated rings. The summed E-state index contributed by atoms with van der Waals surface area (Å²) in [6.45, 7) is 2.32. The summed E-state index contributed by atoms with van der Waals surface area (Å²) in [5, 5.41) is 13.9. The van der Waals surface area contributed by atoms with Crippen LogP contribution in [-0.2, 0) is 20.8 Å². The number of rotatable bonds is 9. The molecule has 6 heteroatoms. The van der Waals surface area contributed by atoms with E-state index in [1.54, 1.807) is 0 Å². The predicted molar refractivity (Wildman–Crippen MR) is 147 cm³/mol. The summed E-state index contributed by atoms with van der Waals surface area (Å²) in [5.74, 6) is -3.53. The van der Waals surface area contributed by atoms with E-state index < -0.39 is 29.4 Å². The van der Waals surface area contributed by atoms with Crippen LogP contribution in [0.25, 0.3) is 12.2 Å². The molecule has 2 aliphatic rings. The van der Waals surface area contributed by atoms with Crippen molar-refractivity contribution in [3.8, 4) is 0 Å². The van der Waals surface area contributed by atoms with Crippen molar-refractivity contribution in [1.29, 1.82) is 0 Å². The number of nitrogens with one attached hydrogen (secondary N) is 1. The highest BCUT2D eigenvalue weighted by molar-refractivity contribution is 6.09. The number of hydrogen-bond acceptors (Lipinski definition) is 4. The van der Waals surface area contributed by atoms with Gasteiger partial charge in [0.25, 0.3) is 0 Å². The molecule has 5 rings (SSSR count). The zero-order valence-electron chi connectivity index (χ0n) is 21.4. The molecule has 0 saturated carbocycles. The number of carboxylic acid groups (broad SMARTS) is 1. The summed E-state index contributed by atoms with van der Waals surface area (Å²) in [5.41, 5.74) is 2.09. The number of fused-ring (bicyclic) bond motifs is 1. The largest absolute Gasteiger partial charge is 0.480 e. The Balaban J connectivity index is 1.50. The molecule has 38 heavy (non-hydrogen) atoms. The lowest BCUT2D eigenvalue weighted by atomic mass is 9.76. The Bertz CT molecular complexity index is 1340. The second-order valence-corrected chi connectivity index (χ2v) is 10.2. The van der Waals surface area contributed by atoms with Gasteiger partial charge in [-0.2, -0.15) is 0 Å². The number of aliphatic carboxylic acids is 1. The number of likely N-dealkylation sites (tertiary alicyclic amines) is 1. The number of hydrogen-bond donors (Lipinski definition) is 2. The summed E-state index contributed by atoms with van der Waals surface area (Å²) >= 11 is 0. The van der Waals surface area contributed by atoms with Crippen LogP contribution in [0.4, 0.5) is 0 Å². The Kier molecular flexibility index (Phi) is 7.25. The molecule has 2 aliphatic heterocycles. The van der Waals surface area contributed by atoms with Gasteiger partial charge in [0.1, 0.15) is 5.54 Å². The predicted octanol–water partition coefficient (Wildman–Crippen LogP) is 4.97. The van der Waals surface area contributed by atoms with Crippen LogP contribution >= 0.6 is 0 Å². The van der Waals surface area contributed by atoms with Crippen LogP contribution in [0, 0.1) is 11.8 Å². The molecule has 2 heterocycles. The van der Waals surface area contributed by atoms with Crippen LogP contribution in [0.15, 0.2) is 84.9 Å². The average Bonchev–Trinajstić information content (AvgIpc) is 3.41. The zero-order chi connectivity index (χ0) is 26.7. The van der Waals surface area contributed by atoms with Crippen molar-refractivity contribution >= 4 is 29.9 Å². The highest BCUT2D eigenvalue weighted by atomic mass is 16.4. The number of benzene rings is 3. The first-order chi connectivity index (χ1) is 18.4. The van der Waals surface area contributed by atoms with Gasteiger partial charge in [0.15, 0.2) is 0 Å². The van der Waals surface area contributed by atoms with Crippen molar-refractivity contribution in [2.45, 2.75) is 37.8 Å². The average molecular weight is 509 g/mol. The van der Waals surface area contributed by atoms with Crippen LogP contribution < -0.4 is 5.32 Å². The number of carbonyl (C=O) groups excluding carboxylic acids is 2. The smallest absolute Gasteiger partial charge is 0.325 e. The van der Waals surface area contributed by atoms with Gasteiger partial charge in [-0.25, -0.2) is 0 Å². The molecule has 4 atom stereocenters. The van der Waals surface area contributed by atoms with Gasteiger partial charge in [0.2, 0.25) is 11.8 Å². The third-order valence-electron chi connectivity index (χ3n) is 7.75. The highest BCUT2D eigenvalue weighted by Gasteiger charge is 2.68. The van der Waals surface area contributed by atoms with Gasteiger partial charge in [0.05, 0.1) is 11.8 Å². The van der Waals surface area contributed by atoms with Crippen molar-refractivity contribution < 1.29 is 19.5 Å². The Morgan fingerprint density at radius 3 is 2.11 bits per heavy atom. The van der Waals surface area contributed by atoms with Crippen molar-refractivity contribution in [3.05, 3.63) is 107 Å². The van der Waals surface area contributed by atoms with Crippen molar-refractivity contribution in [3.63, 3.8) is 0 Å². The van der Waals surface area contributed by atoms with Crippen molar-refractivity contribution in [2.75, 3.05) is 6.54 Å². The number of carbonyl (C=O) groups is 3. The van der Waals surface area contributed by atoms with Gasteiger partial charge >= 0.3 is 5.97 Å². The van der Waals surface area contributed by atoms with Crippen LogP contribution in [0.2, 0.25) is 0 Å². The number of unbranched alkanes of at least 4 members (excludes halogenated alkanes) is 1. The molecule has 0 radical (unpaired) electrons. The second kappa shape index (κ2) is 10.8. The van der Waals surface area contributed by atoms with Gasteiger partial charge in [-0.05, 0) is 28.7 Å². The maximum atomic E-state index is 13.7. The van der Waals surface area contributed by atoms with E-state index in [1.807, 2.05) is 104 Å². The molecular formula is C32H32N2O4. The maximum Gasteiger partial charge on any atom is 0.325 e. The van der Waals surface area contributed by atoms with E-state index in [-0.39, 0.29) is 18.2 Å². The fraction of sp³-hybridized carbons (Fsp3) is 0.281. The Hall–Kier alpha value is -4.03. The molecule has 0 bridgehead atoms. The van der Waals surface area contributed by atoms with Crippen LogP contribution in [0.3, 0.4) is 0 Å². The summed E-state index contributed by atoms with van der Waals surface area (Å²) in [7, 11) is 0. The quantitative estimate of drug-likeness (QED) is 0.315. The molecule has 4 unspecified atom stereocenters. The fourth-order valence-corrected chi connectivity index (χ4v) is 5.81. The molecular weight excluding hydrogens is 476 g/mol. The first-order valence-electron chi connectivity index (χ1n) is 13.2. The Morgan fingerprint density at radius 2 is 1.50 bits per heavy atom. The van der Waals surface area contributed by atoms with Crippen LogP contribution in [-0.4, -0.2) is 39.9 Å². The van der Waals surface area contributed by atoms with Crippen molar-refractivity contribution in [1.82, 2.24) is 10.2 Å². The molecule has 0 aliphatic carbocycles. The van der Waals surface area contributed by atoms with Crippen molar-refractivity contribution in [2.24, 2.45) is 11.8 Å². The fourth-order valence-electron chi connectivity index (χ4n) is 5.81. The number of carboxylic acids is 1. The topological polar surface area (TPSA) is 86.7 Å². The first kappa shape index (κ1) is 25.6. The van der Waals surface area contributed by atoms with Crippen LogP contribution in [0.5, 0.6) is 0 Å². The van der Waals surface area contributed by atoms with E-state index in [0.29, 0.717) is 13.0 Å². The summed E-state index contributed by atoms with van der Waals surface area (Å²) in [6.07, 6.45) is 5.67. The summed E-state index contributed by atoms with van der Waals surface area (Å²) in [4.78, 5) is 41.5. The minimum atomic E-state index is -1.59.